The highest BCUT2D eigenvalue weighted by atomic mass is 16.7. The van der Waals surface area contributed by atoms with Gasteiger partial charge in [-0.05, 0) is 42.5 Å². The first-order valence-corrected chi connectivity index (χ1v) is 22.8. The summed E-state index contributed by atoms with van der Waals surface area (Å²) in [7, 11) is 2.53. The molecule has 406 valence electrons. The molecule has 2 aromatic heterocycles. The number of hydrogen-bond acceptors (Lipinski definition) is 24. The predicted molar refractivity (Wildman–Crippen MR) is 254 cm³/mol. The SMILES string of the molecule is COc1cc(O)c2c(=O)cc(-c3ccc(OC)c(-c4c(O[C@]5(C(=O)O)C[C@H](O)[C@@H](O)[C@H]([C@H](O)[C@H](O)CO)O5)cc(O)c5c(=O)cc(-c6ccc(O[C@]7(C(=O)O)C[C@H](O)[C@@H](O)[C@H]([C@H](O)[C@H](O)CO)O7)cc6)oc45)c3)oc2c1. The highest BCUT2D eigenvalue weighted by molar-refractivity contribution is 6.02. The van der Waals surface area contributed by atoms with E-state index in [-0.39, 0.29) is 56.4 Å². The van der Waals surface area contributed by atoms with Gasteiger partial charge in [0, 0.05) is 47.0 Å². The molecule has 6 aromatic rings. The number of aliphatic hydroxyl groups excluding tert-OH is 10. The third-order valence-electron chi connectivity index (χ3n) is 13.0. The molecule has 26 nitrogen and oxygen atoms in total. The highest BCUT2D eigenvalue weighted by Gasteiger charge is 2.58. The van der Waals surface area contributed by atoms with Crippen LogP contribution in [0.4, 0.5) is 0 Å². The predicted octanol–water partition coefficient (Wildman–Crippen LogP) is -0.902. The van der Waals surface area contributed by atoms with Gasteiger partial charge < -0.3 is 109 Å². The summed E-state index contributed by atoms with van der Waals surface area (Å²) < 4.78 is 46.4. The zero-order valence-electron chi connectivity index (χ0n) is 39.7. The molecule has 76 heavy (non-hydrogen) atoms. The number of ether oxygens (including phenoxy) is 6. The average molecular weight is 1070 g/mol. The van der Waals surface area contributed by atoms with Crippen molar-refractivity contribution < 1.29 is 118 Å². The lowest BCUT2D eigenvalue weighted by atomic mass is 9.90. The molecule has 2 fully saturated rings. The van der Waals surface area contributed by atoms with E-state index >= 15 is 0 Å². The van der Waals surface area contributed by atoms with E-state index in [1.807, 2.05) is 0 Å². The topological polar surface area (TPSA) is 433 Å². The van der Waals surface area contributed by atoms with Crippen molar-refractivity contribution in [2.24, 2.45) is 0 Å². The second-order valence-corrected chi connectivity index (χ2v) is 17.9. The van der Waals surface area contributed by atoms with Gasteiger partial charge >= 0.3 is 23.5 Å². The van der Waals surface area contributed by atoms with Crippen molar-refractivity contribution >= 4 is 33.9 Å². The van der Waals surface area contributed by atoms with Gasteiger partial charge in [-0.25, -0.2) is 9.59 Å². The molecule has 2 aliphatic rings. The number of carboxylic acid groups (broad SMARTS) is 2. The Morgan fingerprint density at radius 2 is 1.13 bits per heavy atom. The molecule has 8 rings (SSSR count). The summed E-state index contributed by atoms with van der Waals surface area (Å²) in [6, 6.07) is 14.2. The summed E-state index contributed by atoms with van der Waals surface area (Å²) >= 11 is 0. The van der Waals surface area contributed by atoms with Crippen LogP contribution in [0.15, 0.2) is 91.2 Å². The Morgan fingerprint density at radius 1 is 0.618 bits per heavy atom. The number of carboxylic acids is 2. The van der Waals surface area contributed by atoms with Crippen LogP contribution in [0, 0.1) is 0 Å². The minimum absolute atomic E-state index is 0.0261. The third kappa shape index (κ3) is 9.95. The maximum absolute atomic E-state index is 14.3. The maximum Gasteiger partial charge on any atom is 0.377 e. The highest BCUT2D eigenvalue weighted by Crippen LogP contribution is 2.49. The molecule has 2 saturated heterocycles. The van der Waals surface area contributed by atoms with E-state index in [0.29, 0.717) is 0 Å². The number of phenols is 2. The third-order valence-corrected chi connectivity index (χ3v) is 13.0. The van der Waals surface area contributed by atoms with Crippen LogP contribution < -0.4 is 29.8 Å². The average Bonchev–Trinajstić information content (AvgIpc) is 3.42. The molecule has 2 aliphatic heterocycles. The molecule has 0 amide bonds. The van der Waals surface area contributed by atoms with Crippen LogP contribution in [0.3, 0.4) is 0 Å². The number of carbonyl (C=O) groups is 2. The van der Waals surface area contributed by atoms with Gasteiger partial charge in [0.1, 0.15) is 111 Å². The summed E-state index contributed by atoms with van der Waals surface area (Å²) in [4.78, 5) is 53.8. The van der Waals surface area contributed by atoms with E-state index in [2.05, 4.69) is 0 Å². The first-order chi connectivity index (χ1) is 36.0. The maximum atomic E-state index is 14.3. The molecule has 0 radical (unpaired) electrons. The minimum atomic E-state index is -3.14. The Balaban J connectivity index is 1.31. The number of aliphatic carboxylic acids is 2. The first-order valence-electron chi connectivity index (χ1n) is 22.8. The lowest BCUT2D eigenvalue weighted by molar-refractivity contribution is -0.303. The Bertz CT molecular complexity index is 3280. The first kappa shape index (κ1) is 54.8. The van der Waals surface area contributed by atoms with E-state index in [1.54, 1.807) is 0 Å². The van der Waals surface area contributed by atoms with Crippen LogP contribution in [0.5, 0.6) is 34.5 Å². The molecule has 14 N–H and O–H groups in total. The molecule has 4 heterocycles. The second kappa shape index (κ2) is 21.3. The molecule has 26 heteroatoms. The number of phenolic OH excluding ortho intramolecular Hbond substituents is 2. The number of rotatable bonds is 17. The number of aromatic hydroxyl groups is 2. The van der Waals surface area contributed by atoms with Gasteiger partial charge in [0.15, 0.2) is 16.4 Å². The Kier molecular flexibility index (Phi) is 15.4. The molecule has 0 aliphatic carbocycles. The molecular formula is C50H50O26. The van der Waals surface area contributed by atoms with Crippen molar-refractivity contribution in [3.63, 3.8) is 0 Å². The zero-order valence-corrected chi connectivity index (χ0v) is 39.7. The molecule has 0 saturated carbocycles. The van der Waals surface area contributed by atoms with Crippen LogP contribution in [0.25, 0.3) is 55.7 Å². The quantitative estimate of drug-likeness (QED) is 0.0526. The number of aliphatic hydroxyl groups is 10. The Morgan fingerprint density at radius 3 is 1.66 bits per heavy atom. The van der Waals surface area contributed by atoms with Gasteiger partial charge in [-0.15, -0.1) is 0 Å². The number of methoxy groups -OCH3 is 2. The fraction of sp³-hybridized carbons (Fsp3) is 0.360. The van der Waals surface area contributed by atoms with Crippen LogP contribution >= 0.6 is 0 Å². The van der Waals surface area contributed by atoms with Gasteiger partial charge in [-0.3, -0.25) is 9.59 Å². The van der Waals surface area contributed by atoms with Crippen molar-refractivity contribution in [2.75, 3.05) is 27.4 Å². The number of hydrogen-bond donors (Lipinski definition) is 14. The Hall–Kier alpha value is -7.44. The second-order valence-electron chi connectivity index (χ2n) is 17.9. The van der Waals surface area contributed by atoms with Crippen molar-refractivity contribution in [3.8, 4) is 68.3 Å². The smallest absolute Gasteiger partial charge is 0.377 e. The normalized spacial score (nSPS) is 25.3. The van der Waals surface area contributed by atoms with Gasteiger partial charge in [-0.2, -0.15) is 0 Å². The van der Waals surface area contributed by atoms with Crippen LogP contribution in [-0.4, -0.2) is 183 Å². The van der Waals surface area contributed by atoms with Crippen molar-refractivity contribution in [3.05, 3.63) is 93.2 Å². The molecule has 12 atom stereocenters. The fourth-order valence-corrected chi connectivity index (χ4v) is 8.98. The molecular weight excluding hydrogens is 1020 g/mol. The lowest BCUT2D eigenvalue weighted by Gasteiger charge is -2.44. The summed E-state index contributed by atoms with van der Waals surface area (Å²) in [6.45, 7) is -2.14. The van der Waals surface area contributed by atoms with E-state index in [0.717, 1.165) is 30.3 Å². The lowest BCUT2D eigenvalue weighted by Crippen LogP contribution is -2.65. The molecule has 4 aromatic carbocycles. The summed E-state index contributed by atoms with van der Waals surface area (Å²) in [5.41, 5.74) is -2.81. The van der Waals surface area contributed by atoms with E-state index < -0.39 is 155 Å². The van der Waals surface area contributed by atoms with Crippen LogP contribution in [0.1, 0.15) is 12.8 Å². The van der Waals surface area contributed by atoms with E-state index in [4.69, 9.17) is 37.3 Å². The van der Waals surface area contributed by atoms with Crippen molar-refractivity contribution in [2.45, 2.75) is 85.5 Å². The van der Waals surface area contributed by atoms with Gasteiger partial charge in [0.05, 0.1) is 58.0 Å². The Labute approximate surface area is 425 Å². The van der Waals surface area contributed by atoms with Gasteiger partial charge in [0.2, 0.25) is 0 Å². The summed E-state index contributed by atoms with van der Waals surface area (Å²) in [5, 5.41) is 146. The standard InChI is InChI=1S/C50H50O26/c1-69-22-10-24(53)38-25(54)12-34(71-35(38)11-22)20-5-8-32(70-2)23(9-20)37-36(74-50(48(67)68)16-29(58)41(62)46(76-50)43(64)31(60)18-52)14-27(56)39-26(55)13-33(72-44(37)39)19-3-6-21(7-4-19)73-49(47(65)66)15-28(57)40(61)45(75-49)42(63)30(59)17-51/h3-14,28-31,40-43,45-46,51-53,56-64H,15-18H2,1-2H3,(H,65,66)(H,67,68)/t28-,29-,30+,31+,40+,41+,42+,43+,45+,46+,49+,50+/m0/s1. The largest absolute Gasteiger partial charge is 0.507 e. The minimum Gasteiger partial charge on any atom is -0.507 e. The van der Waals surface area contributed by atoms with Crippen LogP contribution in [0.2, 0.25) is 0 Å². The van der Waals surface area contributed by atoms with E-state index in [1.165, 1.54) is 56.7 Å². The van der Waals surface area contributed by atoms with E-state index in [9.17, 15) is 90.7 Å². The molecule has 0 bridgehead atoms. The number of benzene rings is 4. The van der Waals surface area contributed by atoms with Crippen molar-refractivity contribution in [1.29, 1.82) is 0 Å². The molecule has 0 spiro atoms. The van der Waals surface area contributed by atoms with Gasteiger partial charge in [-0.1, -0.05) is 0 Å². The van der Waals surface area contributed by atoms with Crippen molar-refractivity contribution in [1.82, 2.24) is 0 Å². The zero-order chi connectivity index (χ0) is 55.3. The summed E-state index contributed by atoms with van der Waals surface area (Å²) in [5.74, 6) is -12.6. The molecule has 0 unspecified atom stereocenters. The number of fused-ring (bicyclic) bond motifs is 2. The summed E-state index contributed by atoms with van der Waals surface area (Å²) in [6.07, 6.45) is -22.5. The fourth-order valence-electron chi connectivity index (χ4n) is 8.98. The van der Waals surface area contributed by atoms with Gasteiger partial charge in [0.25, 0.3) is 0 Å². The monoisotopic (exact) mass is 1070 g/mol. The van der Waals surface area contributed by atoms with Crippen LogP contribution in [-0.2, 0) is 19.1 Å².